The maximum absolute atomic E-state index is 11.1. The molecule has 2 saturated carbocycles. The third-order valence-corrected chi connectivity index (χ3v) is 4.46. The van der Waals surface area contributed by atoms with Crippen LogP contribution in [-0.2, 0) is 10.2 Å². The number of alkyl halides is 2. The molecule has 2 fully saturated rings. The molecule has 1 N–H and O–H groups in total. The molecule has 0 aliphatic heterocycles. The molecule has 0 saturated heterocycles. The summed E-state index contributed by atoms with van der Waals surface area (Å²) in [5, 5.41) is 2.71. The van der Waals surface area contributed by atoms with E-state index in [-0.39, 0.29) is 18.3 Å². The van der Waals surface area contributed by atoms with Crippen LogP contribution in [-0.4, -0.2) is 17.3 Å². The van der Waals surface area contributed by atoms with E-state index >= 15 is 0 Å². The van der Waals surface area contributed by atoms with Gasteiger partial charge in [-0.2, -0.15) is 0 Å². The van der Waals surface area contributed by atoms with Crippen molar-refractivity contribution in [1.29, 1.82) is 0 Å². The Balaban J connectivity index is 0.000000290. The van der Waals surface area contributed by atoms with Crippen molar-refractivity contribution in [2.75, 3.05) is 5.32 Å². The van der Waals surface area contributed by atoms with E-state index in [1.54, 1.807) is 6.20 Å². The van der Waals surface area contributed by atoms with Crippen molar-refractivity contribution in [2.24, 2.45) is 0 Å². The summed E-state index contributed by atoms with van der Waals surface area (Å²) in [6.45, 7) is 2.28. The molecule has 2 aliphatic carbocycles. The van der Waals surface area contributed by atoms with Crippen molar-refractivity contribution in [2.45, 2.75) is 43.9 Å². The Kier molecular flexibility index (Phi) is 4.35. The molecule has 3 nitrogen and oxygen atoms in total. The standard InChI is InChI=1S/C16H16N2O.C3H4F2/c1-16(7-8-16)14-6-5-12(18-11-19)10-13(14)15-4-2-3-9-17-15;4-3(5)1-2-3/h2-6,9-11H,7-8H2,1H3,(H,18,19);1-2H2. The molecule has 0 spiro atoms. The normalized spacial score (nSPS) is 18.8. The van der Waals surface area contributed by atoms with Gasteiger partial charge in [-0.15, -0.1) is 0 Å². The third-order valence-electron chi connectivity index (χ3n) is 4.46. The van der Waals surface area contributed by atoms with Crippen molar-refractivity contribution in [3.05, 3.63) is 48.2 Å². The minimum Gasteiger partial charge on any atom is -0.329 e. The summed E-state index contributed by atoms with van der Waals surface area (Å²) < 4.78 is 22.3. The summed E-state index contributed by atoms with van der Waals surface area (Å²) in [6.07, 6.45) is 5.17. The second-order valence-electron chi connectivity index (χ2n) is 6.65. The average Bonchev–Trinajstić information content (AvgIpc) is 3.49. The number of hydrogen-bond donors (Lipinski definition) is 1. The second kappa shape index (κ2) is 6.30. The number of carbonyl (C=O) groups is 1. The smallest absolute Gasteiger partial charge is 0.248 e. The summed E-state index contributed by atoms with van der Waals surface area (Å²) >= 11 is 0. The van der Waals surface area contributed by atoms with Gasteiger partial charge in [0.15, 0.2) is 0 Å². The quantitative estimate of drug-likeness (QED) is 0.820. The second-order valence-corrected chi connectivity index (χ2v) is 6.65. The van der Waals surface area contributed by atoms with Crippen molar-refractivity contribution in [3.8, 4) is 11.3 Å². The Morgan fingerprint density at radius 2 is 1.83 bits per heavy atom. The van der Waals surface area contributed by atoms with Gasteiger partial charge in [-0.05, 0) is 48.1 Å². The third kappa shape index (κ3) is 3.96. The van der Waals surface area contributed by atoms with E-state index in [1.165, 1.54) is 18.4 Å². The van der Waals surface area contributed by atoms with E-state index < -0.39 is 5.92 Å². The number of rotatable bonds is 4. The SMILES string of the molecule is CC1(c2ccc(NC=O)cc2-c2ccccn2)CC1.FC1(F)CC1. The number of pyridine rings is 1. The number of benzene rings is 1. The Morgan fingerprint density at radius 1 is 1.12 bits per heavy atom. The summed E-state index contributed by atoms with van der Waals surface area (Å²) in [5.74, 6) is -2.25. The van der Waals surface area contributed by atoms with Crippen LogP contribution in [0.4, 0.5) is 14.5 Å². The predicted octanol–water partition coefficient (Wildman–Crippen LogP) is 4.78. The molecule has 0 radical (unpaired) electrons. The van der Waals surface area contributed by atoms with Gasteiger partial charge < -0.3 is 5.32 Å². The number of hydrogen-bond acceptors (Lipinski definition) is 2. The topological polar surface area (TPSA) is 42.0 Å². The molecule has 1 aromatic heterocycles. The molecule has 0 atom stereocenters. The fourth-order valence-corrected chi connectivity index (χ4v) is 2.51. The average molecular weight is 330 g/mol. The van der Waals surface area contributed by atoms with Crippen LogP contribution < -0.4 is 5.32 Å². The number of halogens is 2. The van der Waals surface area contributed by atoms with E-state index in [0.29, 0.717) is 6.41 Å². The van der Waals surface area contributed by atoms with Crippen molar-refractivity contribution >= 4 is 12.1 Å². The molecule has 0 unspecified atom stereocenters. The number of aromatic nitrogens is 1. The Morgan fingerprint density at radius 3 is 2.33 bits per heavy atom. The van der Waals surface area contributed by atoms with Gasteiger partial charge in [0, 0.05) is 30.3 Å². The summed E-state index contributed by atoms with van der Waals surface area (Å²) in [4.78, 5) is 15.0. The first-order chi connectivity index (χ1) is 11.4. The van der Waals surface area contributed by atoms with Crippen molar-refractivity contribution in [3.63, 3.8) is 0 Å². The molecule has 2 aliphatic rings. The van der Waals surface area contributed by atoms with Crippen LogP contribution in [0.1, 0.15) is 38.2 Å². The summed E-state index contributed by atoms with van der Waals surface area (Å²) in [5.41, 5.74) is 4.48. The zero-order chi connectivity index (χ0) is 17.2. The Hall–Kier alpha value is -2.30. The first kappa shape index (κ1) is 16.6. The summed E-state index contributed by atoms with van der Waals surface area (Å²) in [6, 6.07) is 12.0. The number of nitrogens with one attached hydrogen (secondary N) is 1. The minimum atomic E-state index is -2.25. The predicted molar refractivity (Wildman–Crippen MR) is 90.1 cm³/mol. The molecule has 1 aromatic carbocycles. The molecule has 2 aromatic rings. The first-order valence-corrected chi connectivity index (χ1v) is 8.08. The van der Waals surface area contributed by atoms with Crippen LogP contribution in [0.15, 0.2) is 42.6 Å². The Labute approximate surface area is 140 Å². The molecular formula is C19H20F2N2O. The summed E-state index contributed by atoms with van der Waals surface area (Å²) in [7, 11) is 0. The van der Waals surface area contributed by atoms with Crippen molar-refractivity contribution < 1.29 is 13.6 Å². The van der Waals surface area contributed by atoms with Crippen LogP contribution in [0.3, 0.4) is 0 Å². The molecule has 1 heterocycles. The van der Waals surface area contributed by atoms with Crippen LogP contribution >= 0.6 is 0 Å². The van der Waals surface area contributed by atoms with Gasteiger partial charge >= 0.3 is 0 Å². The highest BCUT2D eigenvalue weighted by atomic mass is 19.3. The highest BCUT2D eigenvalue weighted by molar-refractivity contribution is 5.77. The number of nitrogens with zero attached hydrogens (tertiary/aromatic N) is 1. The van der Waals surface area contributed by atoms with E-state index in [2.05, 4.69) is 23.3 Å². The monoisotopic (exact) mass is 330 g/mol. The van der Waals surface area contributed by atoms with Gasteiger partial charge in [-0.25, -0.2) is 8.78 Å². The van der Waals surface area contributed by atoms with Gasteiger partial charge in [0.05, 0.1) is 5.69 Å². The number of carbonyl (C=O) groups excluding carboxylic acids is 1. The van der Waals surface area contributed by atoms with Crippen LogP contribution in [0.5, 0.6) is 0 Å². The van der Waals surface area contributed by atoms with Gasteiger partial charge in [0.2, 0.25) is 12.3 Å². The maximum Gasteiger partial charge on any atom is 0.248 e. The fourth-order valence-electron chi connectivity index (χ4n) is 2.51. The zero-order valence-corrected chi connectivity index (χ0v) is 13.6. The minimum absolute atomic E-state index is 0.118. The number of amides is 1. The maximum atomic E-state index is 11.1. The van der Waals surface area contributed by atoms with Gasteiger partial charge in [0.1, 0.15) is 0 Å². The highest BCUT2D eigenvalue weighted by Crippen LogP contribution is 2.50. The van der Waals surface area contributed by atoms with E-state index in [1.807, 2.05) is 30.3 Å². The fraction of sp³-hybridized carbons (Fsp3) is 0.368. The van der Waals surface area contributed by atoms with Crippen LogP contribution in [0, 0.1) is 0 Å². The van der Waals surface area contributed by atoms with Gasteiger partial charge in [-0.3, -0.25) is 9.78 Å². The highest BCUT2D eigenvalue weighted by Gasteiger charge is 2.43. The number of anilines is 1. The molecule has 0 bridgehead atoms. The molecule has 126 valence electrons. The van der Waals surface area contributed by atoms with Gasteiger partial charge in [0.25, 0.3) is 0 Å². The van der Waals surface area contributed by atoms with E-state index in [4.69, 9.17) is 0 Å². The molecule has 24 heavy (non-hydrogen) atoms. The molecule has 5 heteroatoms. The van der Waals surface area contributed by atoms with Crippen molar-refractivity contribution in [1.82, 2.24) is 4.98 Å². The van der Waals surface area contributed by atoms with E-state index in [9.17, 15) is 13.6 Å². The van der Waals surface area contributed by atoms with Crippen LogP contribution in [0.25, 0.3) is 11.3 Å². The first-order valence-electron chi connectivity index (χ1n) is 8.08. The molecule has 4 rings (SSSR count). The Bertz CT molecular complexity index is 721. The molecule has 1 amide bonds. The lowest BCUT2D eigenvalue weighted by Gasteiger charge is -2.16. The zero-order valence-electron chi connectivity index (χ0n) is 13.6. The van der Waals surface area contributed by atoms with Gasteiger partial charge in [-0.1, -0.05) is 19.1 Å². The molecular weight excluding hydrogens is 310 g/mol. The largest absolute Gasteiger partial charge is 0.329 e. The van der Waals surface area contributed by atoms with E-state index in [0.717, 1.165) is 16.9 Å². The van der Waals surface area contributed by atoms with Crippen LogP contribution in [0.2, 0.25) is 0 Å². The lowest BCUT2D eigenvalue weighted by Crippen LogP contribution is -2.04. The lowest BCUT2D eigenvalue weighted by atomic mass is 9.91. The lowest BCUT2D eigenvalue weighted by molar-refractivity contribution is -0.105.